The van der Waals surface area contributed by atoms with E-state index in [9.17, 15) is 4.79 Å². The van der Waals surface area contributed by atoms with Gasteiger partial charge >= 0.3 is 0 Å². The van der Waals surface area contributed by atoms with Crippen LogP contribution in [0.15, 0.2) is 96.5 Å². The zero-order valence-electron chi connectivity index (χ0n) is 23.1. The molecule has 0 aliphatic carbocycles. The van der Waals surface area contributed by atoms with E-state index >= 15 is 0 Å². The maximum absolute atomic E-state index is 13.4. The van der Waals surface area contributed by atoms with Gasteiger partial charge in [-0.15, -0.1) is 11.8 Å². The maximum Gasteiger partial charge on any atom is 0.257 e. The van der Waals surface area contributed by atoms with E-state index in [4.69, 9.17) is 4.84 Å². The molecule has 1 amide bonds. The fourth-order valence-corrected chi connectivity index (χ4v) is 6.84. The highest BCUT2D eigenvalue weighted by Gasteiger charge is 2.28. The van der Waals surface area contributed by atoms with Crippen molar-refractivity contribution in [1.82, 2.24) is 14.5 Å². The molecule has 1 atom stereocenters. The molecule has 41 heavy (non-hydrogen) atoms. The van der Waals surface area contributed by atoms with Crippen molar-refractivity contribution in [3.63, 3.8) is 0 Å². The number of oxime groups is 1. The van der Waals surface area contributed by atoms with Crippen LogP contribution in [0.3, 0.4) is 0 Å². The number of nitrogens with zero attached hydrogens (tertiary/aromatic N) is 4. The number of thioether (sulfide) groups is 1. The highest BCUT2D eigenvalue weighted by atomic mass is 32.2. The Morgan fingerprint density at radius 3 is 2.68 bits per heavy atom. The number of fused-ring (bicyclic) bond motifs is 1. The van der Waals surface area contributed by atoms with E-state index in [1.165, 1.54) is 32.4 Å². The van der Waals surface area contributed by atoms with Gasteiger partial charge in [-0.25, -0.2) is 0 Å². The van der Waals surface area contributed by atoms with Gasteiger partial charge in [-0.2, -0.15) is 0 Å². The number of rotatable bonds is 10. The predicted molar refractivity (Wildman–Crippen MR) is 165 cm³/mol. The van der Waals surface area contributed by atoms with Gasteiger partial charge in [0.05, 0.1) is 5.56 Å². The molecule has 0 spiro atoms. The van der Waals surface area contributed by atoms with Crippen LogP contribution in [0.25, 0.3) is 0 Å². The summed E-state index contributed by atoms with van der Waals surface area (Å²) < 4.78 is 2.18. The van der Waals surface area contributed by atoms with Crippen molar-refractivity contribution in [1.29, 1.82) is 0 Å². The van der Waals surface area contributed by atoms with Gasteiger partial charge in [0, 0.05) is 59.0 Å². The van der Waals surface area contributed by atoms with Gasteiger partial charge in [0.2, 0.25) is 0 Å². The van der Waals surface area contributed by atoms with E-state index < -0.39 is 0 Å². The maximum atomic E-state index is 13.4. The number of hydrogen-bond donors (Lipinski definition) is 1. The standard InChI is InChI=1S/C33H35N5O2S/c39-32(29-15-20-38-30(29)24-41-33(38)27-13-8-16-34-23-27)35-28-14-7-12-26(22-28)31(25-10-3-1-4-11-25)36-40-21-9-19-37-17-5-2-6-18-37/h1,3-4,7-8,10-16,20,22-23,33H,2,5-6,9,17-19,21,24H2,(H,35,39). The summed E-state index contributed by atoms with van der Waals surface area (Å²) >= 11 is 1.80. The Bertz CT molecular complexity index is 1480. The zero-order valence-corrected chi connectivity index (χ0v) is 23.9. The van der Waals surface area contributed by atoms with Crippen LogP contribution in [0.2, 0.25) is 0 Å². The van der Waals surface area contributed by atoms with Gasteiger partial charge in [-0.05, 0) is 56.6 Å². The molecule has 1 fully saturated rings. The summed E-state index contributed by atoms with van der Waals surface area (Å²) in [7, 11) is 0. The van der Waals surface area contributed by atoms with Crippen LogP contribution in [0.4, 0.5) is 5.69 Å². The fraction of sp³-hybridized carbons (Fsp3) is 0.303. The third-order valence-corrected chi connectivity index (χ3v) is 8.88. The van der Waals surface area contributed by atoms with Crippen molar-refractivity contribution >= 4 is 29.1 Å². The Hall–Kier alpha value is -3.88. The van der Waals surface area contributed by atoms with E-state index in [2.05, 4.69) is 31.0 Å². The molecule has 0 radical (unpaired) electrons. The molecule has 2 aromatic carbocycles. The Morgan fingerprint density at radius 2 is 1.85 bits per heavy atom. The molecule has 6 rings (SSSR count). The first kappa shape index (κ1) is 27.3. The molecular formula is C33H35N5O2S. The SMILES string of the molecule is O=C(Nc1cccc(C(=NOCCCN2CCCCC2)c2ccccc2)c1)c1ccn2c1CSC2c1cccnc1. The molecule has 0 saturated carbocycles. The summed E-state index contributed by atoms with van der Waals surface area (Å²) in [6.45, 7) is 3.99. The van der Waals surface area contributed by atoms with E-state index in [0.29, 0.717) is 12.2 Å². The van der Waals surface area contributed by atoms with Crippen molar-refractivity contribution in [2.75, 3.05) is 31.6 Å². The molecule has 4 heterocycles. The Labute approximate surface area is 245 Å². The van der Waals surface area contributed by atoms with Crippen LogP contribution in [-0.4, -0.2) is 52.3 Å². The minimum atomic E-state index is -0.115. The number of benzene rings is 2. The van der Waals surface area contributed by atoms with Gasteiger partial charge in [-0.3, -0.25) is 9.78 Å². The molecule has 0 bridgehead atoms. The molecule has 8 heteroatoms. The summed E-state index contributed by atoms with van der Waals surface area (Å²) in [5, 5.41) is 7.82. The van der Waals surface area contributed by atoms with Crippen molar-refractivity contribution in [2.24, 2.45) is 5.16 Å². The quantitative estimate of drug-likeness (QED) is 0.134. The van der Waals surface area contributed by atoms with Crippen molar-refractivity contribution in [3.05, 3.63) is 119 Å². The number of pyridine rings is 1. The number of carbonyl (C=O) groups excluding carboxylic acids is 1. The Balaban J connectivity index is 1.15. The first-order valence-electron chi connectivity index (χ1n) is 14.4. The molecule has 4 aromatic rings. The lowest BCUT2D eigenvalue weighted by Crippen LogP contribution is -2.31. The predicted octanol–water partition coefficient (Wildman–Crippen LogP) is 6.57. The normalized spacial score (nSPS) is 17.3. The van der Waals surface area contributed by atoms with Crippen LogP contribution in [-0.2, 0) is 10.6 Å². The van der Waals surface area contributed by atoms with Gasteiger partial charge in [0.25, 0.3) is 5.91 Å². The van der Waals surface area contributed by atoms with E-state index in [0.717, 1.165) is 52.5 Å². The number of nitrogens with one attached hydrogen (secondary N) is 1. The molecule has 2 aliphatic rings. The number of aromatic nitrogens is 2. The van der Waals surface area contributed by atoms with Gasteiger partial charge in [-0.1, -0.05) is 60.1 Å². The Kier molecular flexibility index (Phi) is 8.78. The summed E-state index contributed by atoms with van der Waals surface area (Å²) in [6.07, 6.45) is 10.6. The van der Waals surface area contributed by atoms with Gasteiger partial charge in [0.1, 0.15) is 17.7 Å². The van der Waals surface area contributed by atoms with Crippen LogP contribution in [0.1, 0.15) is 63.8 Å². The van der Waals surface area contributed by atoms with E-state index in [1.54, 1.807) is 18.0 Å². The summed E-state index contributed by atoms with van der Waals surface area (Å²) in [6, 6.07) is 23.8. The minimum Gasteiger partial charge on any atom is -0.395 e. The lowest BCUT2D eigenvalue weighted by atomic mass is 10.0. The lowest BCUT2D eigenvalue weighted by Gasteiger charge is -2.25. The average molecular weight is 566 g/mol. The minimum absolute atomic E-state index is 0.115. The molecule has 1 saturated heterocycles. The summed E-state index contributed by atoms with van der Waals surface area (Å²) in [4.78, 5) is 26.0. The smallest absolute Gasteiger partial charge is 0.257 e. The zero-order chi connectivity index (χ0) is 27.9. The third kappa shape index (κ3) is 6.55. The number of amides is 1. The number of carbonyl (C=O) groups is 1. The monoisotopic (exact) mass is 565 g/mol. The topological polar surface area (TPSA) is 71.8 Å². The lowest BCUT2D eigenvalue weighted by molar-refractivity contribution is 0.102. The first-order chi connectivity index (χ1) is 20.3. The number of anilines is 1. The van der Waals surface area contributed by atoms with Crippen LogP contribution in [0.5, 0.6) is 0 Å². The molecular weight excluding hydrogens is 530 g/mol. The number of piperidine rings is 1. The second kappa shape index (κ2) is 13.2. The Morgan fingerprint density at radius 1 is 1.00 bits per heavy atom. The van der Waals surface area contributed by atoms with Crippen molar-refractivity contribution in [2.45, 2.75) is 36.8 Å². The highest BCUT2D eigenvalue weighted by Crippen LogP contribution is 2.42. The summed E-state index contributed by atoms with van der Waals surface area (Å²) in [5.41, 5.74) is 6.18. The van der Waals surface area contributed by atoms with E-state index in [1.807, 2.05) is 79.1 Å². The van der Waals surface area contributed by atoms with Crippen LogP contribution >= 0.6 is 11.8 Å². The molecule has 1 unspecified atom stereocenters. The molecule has 2 aromatic heterocycles. The highest BCUT2D eigenvalue weighted by molar-refractivity contribution is 7.99. The first-order valence-corrected chi connectivity index (χ1v) is 15.4. The van der Waals surface area contributed by atoms with Gasteiger partial charge in [0.15, 0.2) is 0 Å². The molecule has 210 valence electrons. The van der Waals surface area contributed by atoms with Crippen molar-refractivity contribution < 1.29 is 9.63 Å². The fourth-order valence-electron chi connectivity index (χ4n) is 5.53. The number of hydrogen-bond acceptors (Lipinski definition) is 6. The second-order valence-corrected chi connectivity index (χ2v) is 11.5. The molecule has 1 N–H and O–H groups in total. The van der Waals surface area contributed by atoms with Crippen LogP contribution < -0.4 is 5.32 Å². The molecule has 2 aliphatic heterocycles. The third-order valence-electron chi connectivity index (χ3n) is 7.62. The number of likely N-dealkylation sites (tertiary alicyclic amines) is 1. The largest absolute Gasteiger partial charge is 0.395 e. The summed E-state index contributed by atoms with van der Waals surface area (Å²) in [5.74, 6) is 0.658. The van der Waals surface area contributed by atoms with Crippen molar-refractivity contribution in [3.8, 4) is 0 Å². The van der Waals surface area contributed by atoms with Gasteiger partial charge < -0.3 is 19.6 Å². The van der Waals surface area contributed by atoms with E-state index in [-0.39, 0.29) is 11.3 Å². The van der Waals surface area contributed by atoms with Crippen LogP contribution in [0, 0.1) is 0 Å². The average Bonchev–Trinajstić information content (AvgIpc) is 3.63. The second-order valence-electron chi connectivity index (χ2n) is 10.5. The molecule has 7 nitrogen and oxygen atoms in total.